The van der Waals surface area contributed by atoms with Crippen LogP contribution in [0.5, 0.6) is 0 Å². The number of likely N-dealkylation sites (tertiary alicyclic amines) is 1. The first-order valence-electron chi connectivity index (χ1n) is 10.4. The summed E-state index contributed by atoms with van der Waals surface area (Å²) in [7, 11) is 0. The highest BCUT2D eigenvalue weighted by atomic mass is 16.5. The van der Waals surface area contributed by atoms with Gasteiger partial charge in [-0.05, 0) is 37.3 Å². The van der Waals surface area contributed by atoms with Gasteiger partial charge in [0.1, 0.15) is 0 Å². The van der Waals surface area contributed by atoms with Crippen LogP contribution in [0.1, 0.15) is 25.7 Å². The summed E-state index contributed by atoms with van der Waals surface area (Å²) in [5, 5.41) is 5.97. The van der Waals surface area contributed by atoms with Crippen molar-refractivity contribution in [3.8, 4) is 0 Å². The number of rotatable bonds is 7. The number of amides is 3. The Labute approximate surface area is 167 Å². The van der Waals surface area contributed by atoms with Crippen LogP contribution in [0, 0.1) is 5.92 Å². The second kappa shape index (κ2) is 11.0. The zero-order chi connectivity index (χ0) is 19.6. The van der Waals surface area contributed by atoms with Crippen molar-refractivity contribution in [3.63, 3.8) is 0 Å². The zero-order valence-electron chi connectivity index (χ0n) is 16.6. The Kier molecular flexibility index (Phi) is 8.11. The van der Waals surface area contributed by atoms with Crippen LogP contribution >= 0.6 is 0 Å². The molecule has 2 N–H and O–H groups in total. The fraction of sp³-hybridized carbons (Fsp3) is 0.619. The molecule has 7 nitrogen and oxygen atoms in total. The van der Waals surface area contributed by atoms with Gasteiger partial charge < -0.3 is 20.3 Å². The number of nitrogens with zero attached hydrogens (tertiary/aromatic N) is 2. The van der Waals surface area contributed by atoms with Crippen LogP contribution in [0.25, 0.3) is 0 Å². The molecule has 1 aromatic carbocycles. The summed E-state index contributed by atoms with van der Waals surface area (Å²) in [5.41, 5.74) is 0.814. The molecule has 2 fully saturated rings. The van der Waals surface area contributed by atoms with E-state index in [2.05, 4.69) is 15.5 Å². The number of benzene rings is 1. The highest BCUT2D eigenvalue weighted by Crippen LogP contribution is 2.21. The highest BCUT2D eigenvalue weighted by molar-refractivity contribution is 5.89. The first kappa shape index (κ1) is 20.6. The second-order valence-electron chi connectivity index (χ2n) is 7.59. The Morgan fingerprint density at radius 1 is 1.11 bits per heavy atom. The van der Waals surface area contributed by atoms with Crippen molar-refractivity contribution >= 4 is 17.6 Å². The zero-order valence-corrected chi connectivity index (χ0v) is 16.6. The number of nitrogens with one attached hydrogen (secondary N) is 2. The van der Waals surface area contributed by atoms with E-state index in [-0.39, 0.29) is 11.9 Å². The van der Waals surface area contributed by atoms with Crippen LogP contribution < -0.4 is 10.6 Å². The number of carbonyl (C=O) groups is 2. The first-order chi connectivity index (χ1) is 13.7. The molecule has 0 saturated carbocycles. The summed E-state index contributed by atoms with van der Waals surface area (Å²) in [4.78, 5) is 28.8. The molecule has 3 amide bonds. The largest absolute Gasteiger partial charge is 0.379 e. The van der Waals surface area contributed by atoms with Gasteiger partial charge in [0.2, 0.25) is 5.91 Å². The van der Waals surface area contributed by atoms with Crippen molar-refractivity contribution in [2.45, 2.75) is 25.7 Å². The molecule has 1 atom stereocenters. The van der Waals surface area contributed by atoms with E-state index >= 15 is 0 Å². The van der Waals surface area contributed by atoms with E-state index in [0.29, 0.717) is 18.9 Å². The number of carbonyl (C=O) groups excluding carboxylic acids is 2. The Hall–Kier alpha value is -2.12. The fourth-order valence-electron chi connectivity index (χ4n) is 3.81. The predicted molar refractivity (Wildman–Crippen MR) is 109 cm³/mol. The molecule has 1 aromatic rings. The van der Waals surface area contributed by atoms with Crippen LogP contribution in [-0.4, -0.2) is 74.2 Å². The molecular weight excluding hydrogens is 356 g/mol. The van der Waals surface area contributed by atoms with E-state index < -0.39 is 0 Å². The smallest absolute Gasteiger partial charge is 0.321 e. The van der Waals surface area contributed by atoms with Crippen molar-refractivity contribution in [1.29, 1.82) is 0 Å². The molecule has 2 aliphatic heterocycles. The van der Waals surface area contributed by atoms with Crippen molar-refractivity contribution in [2.24, 2.45) is 5.92 Å². The van der Waals surface area contributed by atoms with E-state index in [1.165, 1.54) is 0 Å². The average molecular weight is 389 g/mol. The van der Waals surface area contributed by atoms with Gasteiger partial charge in [0.15, 0.2) is 0 Å². The van der Waals surface area contributed by atoms with E-state index in [1.54, 1.807) is 0 Å². The maximum Gasteiger partial charge on any atom is 0.321 e. The van der Waals surface area contributed by atoms with Gasteiger partial charge in [0.25, 0.3) is 0 Å². The molecule has 154 valence electrons. The van der Waals surface area contributed by atoms with Crippen LogP contribution in [-0.2, 0) is 9.53 Å². The quantitative estimate of drug-likeness (QED) is 0.751. The molecule has 28 heavy (non-hydrogen) atoms. The number of hydrogen-bond donors (Lipinski definition) is 2. The van der Waals surface area contributed by atoms with E-state index in [9.17, 15) is 9.59 Å². The van der Waals surface area contributed by atoms with Gasteiger partial charge in [-0.3, -0.25) is 9.69 Å². The molecule has 0 aromatic heterocycles. The van der Waals surface area contributed by atoms with Crippen LogP contribution in [0.2, 0.25) is 0 Å². The first-order valence-corrected chi connectivity index (χ1v) is 10.4. The van der Waals surface area contributed by atoms with Gasteiger partial charge in [-0.2, -0.15) is 0 Å². The monoisotopic (exact) mass is 388 g/mol. The van der Waals surface area contributed by atoms with Crippen molar-refractivity contribution in [2.75, 3.05) is 57.8 Å². The lowest BCUT2D eigenvalue weighted by Gasteiger charge is -2.32. The van der Waals surface area contributed by atoms with E-state index in [0.717, 1.165) is 70.9 Å². The Balaban J connectivity index is 1.32. The third kappa shape index (κ3) is 6.80. The molecule has 3 rings (SSSR count). The number of para-hydroxylation sites is 1. The molecule has 7 heteroatoms. The summed E-state index contributed by atoms with van der Waals surface area (Å²) in [6.45, 7) is 6.52. The third-order valence-electron chi connectivity index (χ3n) is 5.46. The number of anilines is 1. The maximum atomic E-state index is 12.5. The SMILES string of the molecule is O=C(CC[C@@H]1CCCN(C(=O)Nc2ccccc2)C1)NCCN1CCOCC1. The molecule has 0 unspecified atom stereocenters. The minimum atomic E-state index is -0.0501. The number of piperidine rings is 1. The van der Waals surface area contributed by atoms with Crippen molar-refractivity contribution in [3.05, 3.63) is 30.3 Å². The number of morpholine rings is 1. The summed E-state index contributed by atoms with van der Waals surface area (Å²) < 4.78 is 5.33. The summed E-state index contributed by atoms with van der Waals surface area (Å²) in [6, 6.07) is 9.48. The van der Waals surface area contributed by atoms with Crippen molar-refractivity contribution < 1.29 is 14.3 Å². The molecule has 2 aliphatic rings. The number of urea groups is 1. The fourth-order valence-corrected chi connectivity index (χ4v) is 3.81. The summed E-state index contributed by atoms with van der Waals surface area (Å²) in [5.74, 6) is 0.499. The minimum Gasteiger partial charge on any atom is -0.379 e. The predicted octanol–water partition coefficient (Wildman–Crippen LogP) is 2.16. The lowest BCUT2D eigenvalue weighted by molar-refractivity contribution is -0.121. The average Bonchev–Trinajstić information content (AvgIpc) is 2.74. The molecule has 0 spiro atoms. The Morgan fingerprint density at radius 3 is 2.68 bits per heavy atom. The van der Waals surface area contributed by atoms with Gasteiger partial charge in [-0.1, -0.05) is 18.2 Å². The highest BCUT2D eigenvalue weighted by Gasteiger charge is 2.24. The minimum absolute atomic E-state index is 0.0501. The van der Waals surface area contributed by atoms with Gasteiger partial charge in [0.05, 0.1) is 13.2 Å². The summed E-state index contributed by atoms with van der Waals surface area (Å²) >= 11 is 0. The van der Waals surface area contributed by atoms with E-state index in [1.807, 2.05) is 35.2 Å². The second-order valence-corrected chi connectivity index (χ2v) is 7.59. The molecular formula is C21H32N4O3. The molecule has 2 heterocycles. The third-order valence-corrected chi connectivity index (χ3v) is 5.46. The summed E-state index contributed by atoms with van der Waals surface area (Å²) in [6.07, 6.45) is 3.43. The number of hydrogen-bond acceptors (Lipinski definition) is 4. The molecule has 0 bridgehead atoms. The van der Waals surface area contributed by atoms with Crippen LogP contribution in [0.4, 0.5) is 10.5 Å². The number of ether oxygens (including phenoxy) is 1. The Morgan fingerprint density at radius 2 is 1.89 bits per heavy atom. The molecule has 2 saturated heterocycles. The van der Waals surface area contributed by atoms with E-state index in [4.69, 9.17) is 4.74 Å². The molecule has 0 aliphatic carbocycles. The molecule has 0 radical (unpaired) electrons. The standard InChI is InChI=1S/C21H32N4O3/c26-20(22-10-12-24-13-15-28-16-14-24)9-8-18-5-4-11-25(17-18)21(27)23-19-6-2-1-3-7-19/h1-3,6-7,18H,4-5,8-17H2,(H,22,26)(H,23,27)/t18-/m0/s1. The van der Waals surface area contributed by atoms with Gasteiger partial charge in [0, 0.05) is 51.4 Å². The van der Waals surface area contributed by atoms with Crippen LogP contribution in [0.15, 0.2) is 30.3 Å². The van der Waals surface area contributed by atoms with Gasteiger partial charge >= 0.3 is 6.03 Å². The maximum absolute atomic E-state index is 12.5. The lowest BCUT2D eigenvalue weighted by atomic mass is 9.93. The lowest BCUT2D eigenvalue weighted by Crippen LogP contribution is -2.43. The topological polar surface area (TPSA) is 73.9 Å². The van der Waals surface area contributed by atoms with Crippen LogP contribution in [0.3, 0.4) is 0 Å². The van der Waals surface area contributed by atoms with Crippen molar-refractivity contribution in [1.82, 2.24) is 15.1 Å². The van der Waals surface area contributed by atoms with Gasteiger partial charge in [-0.15, -0.1) is 0 Å². The normalized spacial score (nSPS) is 20.6. The van der Waals surface area contributed by atoms with Gasteiger partial charge in [-0.25, -0.2) is 4.79 Å². The Bertz CT molecular complexity index is 619.